The van der Waals surface area contributed by atoms with Crippen LogP contribution in [0.1, 0.15) is 25.3 Å². The Morgan fingerprint density at radius 3 is 2.37 bits per heavy atom. The summed E-state index contributed by atoms with van der Waals surface area (Å²) in [6, 6.07) is 12.9. The maximum Gasteiger partial charge on any atom is 0.248 e. The molecule has 10 heteroatoms. The van der Waals surface area contributed by atoms with Crippen molar-refractivity contribution in [1.29, 1.82) is 0 Å². The van der Waals surface area contributed by atoms with Gasteiger partial charge in [-0.3, -0.25) is 14.5 Å². The molecule has 0 aliphatic rings. The van der Waals surface area contributed by atoms with Crippen LogP contribution in [0.4, 0.5) is 0 Å². The molecule has 0 saturated heterocycles. The van der Waals surface area contributed by atoms with Gasteiger partial charge in [-0.15, -0.1) is 0 Å². The Bertz CT molecular complexity index is 1120. The minimum absolute atomic E-state index is 0.0121. The molecule has 8 nitrogen and oxygen atoms in total. The molecular weight excluding hydrogens is 426 g/mol. The van der Waals surface area contributed by atoms with E-state index in [2.05, 4.69) is 9.97 Å². The molecule has 0 aliphatic heterocycles. The van der Waals surface area contributed by atoms with Crippen molar-refractivity contribution < 1.29 is 21.9 Å². The molecular formula is C20H23N3O5S2. The molecule has 3 aromatic rings. The lowest BCUT2D eigenvalue weighted by Gasteiger charge is -2.17. The molecule has 3 rings (SSSR count). The SMILES string of the molecule is CCCS(=O)(=O)N(CCCc1ccc(Oc2ccc3nccnc3c2)cc1)S(=O)O. The van der Waals surface area contributed by atoms with E-state index in [1.807, 2.05) is 42.5 Å². The minimum atomic E-state index is -3.73. The molecule has 0 bridgehead atoms. The zero-order chi connectivity index (χ0) is 21.6. The number of fused-ring (bicyclic) bond motifs is 1. The fourth-order valence-corrected chi connectivity index (χ4v) is 5.37. The van der Waals surface area contributed by atoms with Crippen molar-refractivity contribution >= 4 is 32.3 Å². The third kappa shape index (κ3) is 5.82. The van der Waals surface area contributed by atoms with Crippen LogP contribution in [0.5, 0.6) is 11.5 Å². The van der Waals surface area contributed by atoms with Crippen molar-refractivity contribution in [3.05, 3.63) is 60.4 Å². The molecule has 2 aromatic carbocycles. The zero-order valence-corrected chi connectivity index (χ0v) is 18.1. The van der Waals surface area contributed by atoms with Crippen LogP contribution in [0.2, 0.25) is 0 Å². The topological polar surface area (TPSA) is 110 Å². The number of aromatic nitrogens is 2. The van der Waals surface area contributed by atoms with Crippen LogP contribution in [-0.4, -0.2) is 43.2 Å². The van der Waals surface area contributed by atoms with Crippen molar-refractivity contribution in [2.45, 2.75) is 26.2 Å². The summed E-state index contributed by atoms with van der Waals surface area (Å²) < 4.78 is 51.3. The van der Waals surface area contributed by atoms with Gasteiger partial charge in [0, 0.05) is 25.0 Å². The van der Waals surface area contributed by atoms with Crippen LogP contribution in [0.15, 0.2) is 54.9 Å². The second-order valence-corrected chi connectivity index (χ2v) is 9.78. The molecule has 1 heterocycles. The predicted octanol–water partition coefficient (Wildman–Crippen LogP) is 3.53. The van der Waals surface area contributed by atoms with Crippen molar-refractivity contribution in [2.75, 3.05) is 12.3 Å². The van der Waals surface area contributed by atoms with E-state index < -0.39 is 21.3 Å². The molecule has 160 valence electrons. The molecule has 1 N–H and O–H groups in total. The third-order valence-corrected chi connectivity index (χ3v) is 7.67. The Hall–Kier alpha value is -2.40. The van der Waals surface area contributed by atoms with Gasteiger partial charge in [0.1, 0.15) is 11.5 Å². The highest BCUT2D eigenvalue weighted by molar-refractivity contribution is 7.99. The quantitative estimate of drug-likeness (QED) is 0.472. The lowest BCUT2D eigenvalue weighted by atomic mass is 10.1. The van der Waals surface area contributed by atoms with Crippen LogP contribution in [0.25, 0.3) is 11.0 Å². The van der Waals surface area contributed by atoms with Gasteiger partial charge in [-0.2, -0.15) is 0 Å². The standard InChI is InChI=1S/C20H23N3O5S2/c1-2-14-30(26,27)23(29(24)25)13-3-4-16-5-7-17(8-6-16)28-18-9-10-19-20(15-18)22-12-11-21-19/h5-12,15H,2-4,13-14H2,1H3,(H,24,25). The summed E-state index contributed by atoms with van der Waals surface area (Å²) in [4.78, 5) is 8.48. The van der Waals surface area contributed by atoms with Crippen molar-refractivity contribution in [1.82, 2.24) is 13.7 Å². The van der Waals surface area contributed by atoms with Gasteiger partial charge in [0.15, 0.2) is 0 Å². The van der Waals surface area contributed by atoms with Gasteiger partial charge in [0.2, 0.25) is 21.3 Å². The van der Waals surface area contributed by atoms with Gasteiger partial charge < -0.3 is 4.74 Å². The van der Waals surface area contributed by atoms with Gasteiger partial charge in [0.25, 0.3) is 0 Å². The van der Waals surface area contributed by atoms with Crippen LogP contribution in [0.3, 0.4) is 0 Å². The predicted molar refractivity (Wildman–Crippen MR) is 116 cm³/mol. The Balaban J connectivity index is 1.58. The number of ether oxygens (including phenoxy) is 1. The number of hydrogen-bond acceptors (Lipinski definition) is 6. The molecule has 1 aromatic heterocycles. The van der Waals surface area contributed by atoms with Gasteiger partial charge in [-0.25, -0.2) is 12.6 Å². The summed E-state index contributed by atoms with van der Waals surface area (Å²) in [5, 5.41) is 0. The second kappa shape index (κ2) is 10.1. The van der Waals surface area contributed by atoms with E-state index >= 15 is 0 Å². The summed E-state index contributed by atoms with van der Waals surface area (Å²) in [6.07, 6.45) is 4.65. The number of hydrogen-bond donors (Lipinski definition) is 1. The van der Waals surface area contributed by atoms with Crippen LogP contribution >= 0.6 is 0 Å². The Labute approximate surface area is 178 Å². The largest absolute Gasteiger partial charge is 0.457 e. The maximum atomic E-state index is 12.1. The lowest BCUT2D eigenvalue weighted by Crippen LogP contribution is -2.35. The summed E-state index contributed by atoms with van der Waals surface area (Å²) in [7, 11) is -3.73. The van der Waals surface area contributed by atoms with Gasteiger partial charge >= 0.3 is 0 Å². The summed E-state index contributed by atoms with van der Waals surface area (Å²) >= 11 is -2.55. The fourth-order valence-electron chi connectivity index (χ4n) is 2.95. The first kappa shape index (κ1) is 22.3. The molecule has 0 amide bonds. The van der Waals surface area contributed by atoms with E-state index in [-0.39, 0.29) is 12.3 Å². The van der Waals surface area contributed by atoms with E-state index in [9.17, 15) is 17.2 Å². The smallest absolute Gasteiger partial charge is 0.248 e. The molecule has 0 saturated carbocycles. The van der Waals surface area contributed by atoms with E-state index in [4.69, 9.17) is 4.74 Å². The minimum Gasteiger partial charge on any atom is -0.457 e. The lowest BCUT2D eigenvalue weighted by molar-refractivity contribution is 0.472. The van der Waals surface area contributed by atoms with Gasteiger partial charge in [-0.1, -0.05) is 22.8 Å². The summed E-state index contributed by atoms with van der Waals surface area (Å²) in [5.74, 6) is 1.16. The first-order chi connectivity index (χ1) is 14.4. The van der Waals surface area contributed by atoms with E-state index in [1.54, 1.807) is 19.3 Å². The number of rotatable bonds is 10. The number of aryl methyl sites for hydroxylation is 1. The van der Waals surface area contributed by atoms with Crippen LogP contribution in [-0.2, 0) is 27.7 Å². The van der Waals surface area contributed by atoms with E-state index in [1.165, 1.54) is 0 Å². The average Bonchev–Trinajstić information content (AvgIpc) is 2.72. The van der Waals surface area contributed by atoms with Crippen LogP contribution in [0, 0.1) is 0 Å². The van der Waals surface area contributed by atoms with Gasteiger partial charge in [-0.05, 0) is 49.1 Å². The van der Waals surface area contributed by atoms with Gasteiger partial charge in [0.05, 0.1) is 16.8 Å². The molecule has 0 aliphatic carbocycles. The molecule has 1 atom stereocenters. The van der Waals surface area contributed by atoms with E-state index in [0.29, 0.717) is 34.5 Å². The number of nitrogens with zero attached hydrogens (tertiary/aromatic N) is 3. The summed E-state index contributed by atoms with van der Waals surface area (Å²) in [5.41, 5.74) is 2.51. The first-order valence-corrected chi connectivity index (χ1v) is 12.2. The average molecular weight is 450 g/mol. The Kier molecular flexibility index (Phi) is 7.48. The fraction of sp³-hybridized carbons (Fsp3) is 0.300. The molecule has 0 radical (unpaired) electrons. The highest BCUT2D eigenvalue weighted by Crippen LogP contribution is 2.24. The molecule has 1 unspecified atom stereocenters. The zero-order valence-electron chi connectivity index (χ0n) is 16.5. The Morgan fingerprint density at radius 1 is 1.03 bits per heavy atom. The molecule has 0 spiro atoms. The number of benzene rings is 2. The maximum absolute atomic E-state index is 12.1. The normalized spacial score (nSPS) is 12.9. The van der Waals surface area contributed by atoms with Crippen LogP contribution < -0.4 is 4.74 Å². The van der Waals surface area contributed by atoms with Crippen molar-refractivity contribution in [3.63, 3.8) is 0 Å². The van der Waals surface area contributed by atoms with E-state index in [0.717, 1.165) is 16.6 Å². The number of sulfonamides is 1. The Morgan fingerprint density at radius 2 is 1.70 bits per heavy atom. The monoisotopic (exact) mass is 449 g/mol. The first-order valence-electron chi connectivity index (χ1n) is 9.48. The molecule has 30 heavy (non-hydrogen) atoms. The molecule has 0 fully saturated rings. The third-order valence-electron chi connectivity index (χ3n) is 4.35. The van der Waals surface area contributed by atoms with Crippen molar-refractivity contribution in [2.24, 2.45) is 0 Å². The van der Waals surface area contributed by atoms with Crippen molar-refractivity contribution in [3.8, 4) is 11.5 Å². The second-order valence-electron chi connectivity index (χ2n) is 6.63. The summed E-state index contributed by atoms with van der Waals surface area (Å²) in [6.45, 7) is 1.70. The highest BCUT2D eigenvalue weighted by atomic mass is 32.3. The highest BCUT2D eigenvalue weighted by Gasteiger charge is 2.25.